The fraction of sp³-hybridized carbons (Fsp3) is 0.174. The monoisotopic (exact) mass is 476 g/mol. The number of hydrogen-bond acceptors (Lipinski definition) is 4. The number of hydrogen-bond donors (Lipinski definition) is 1. The number of anilines is 1. The Labute approximate surface area is 191 Å². The van der Waals surface area contributed by atoms with Crippen molar-refractivity contribution in [3.05, 3.63) is 88.7 Å². The van der Waals surface area contributed by atoms with Gasteiger partial charge < -0.3 is 10.1 Å². The Morgan fingerprint density at radius 3 is 2.44 bits per heavy atom. The van der Waals surface area contributed by atoms with E-state index in [9.17, 15) is 17.6 Å². The molecule has 1 N–H and O–H groups in total. The Hall–Kier alpha value is -2.94. The summed E-state index contributed by atoms with van der Waals surface area (Å²) < 4.78 is 47.0. The molecule has 0 aliphatic rings. The van der Waals surface area contributed by atoms with Gasteiger partial charge in [-0.15, -0.1) is 0 Å². The third-order valence-corrected chi connectivity index (χ3v) is 6.76. The first-order valence-corrected chi connectivity index (χ1v) is 11.5. The minimum atomic E-state index is -4.13. The van der Waals surface area contributed by atoms with Crippen LogP contribution in [-0.4, -0.2) is 32.3 Å². The summed E-state index contributed by atoms with van der Waals surface area (Å²) >= 11 is 5.87. The highest BCUT2D eigenvalue weighted by molar-refractivity contribution is 7.89. The lowest BCUT2D eigenvalue weighted by atomic mass is 10.2. The molecule has 0 unspecified atom stereocenters. The van der Waals surface area contributed by atoms with Gasteiger partial charge in [0.2, 0.25) is 15.9 Å². The lowest BCUT2D eigenvalue weighted by Crippen LogP contribution is -2.37. The standard InChI is InChI=1S/C23H22ClFN2O4S/c1-16-7-12-22(31-2)21(13-16)26-23(28)15-27(14-17-5-3-4-6-20(17)25)32(29,30)19-10-8-18(24)9-11-19/h3-13H,14-15H2,1-2H3,(H,26,28). The largest absolute Gasteiger partial charge is 0.495 e. The molecule has 3 aromatic rings. The van der Waals surface area contributed by atoms with Crippen LogP contribution in [0, 0.1) is 12.7 Å². The third-order valence-electron chi connectivity index (χ3n) is 4.70. The minimum absolute atomic E-state index is 0.0563. The molecule has 0 fully saturated rings. The maximum Gasteiger partial charge on any atom is 0.243 e. The van der Waals surface area contributed by atoms with Crippen molar-refractivity contribution < 1.29 is 22.3 Å². The molecule has 0 saturated carbocycles. The number of sulfonamides is 1. The van der Waals surface area contributed by atoms with Gasteiger partial charge in [-0.3, -0.25) is 4.79 Å². The number of rotatable bonds is 8. The molecule has 0 spiro atoms. The van der Waals surface area contributed by atoms with Crippen LogP contribution in [0.15, 0.2) is 71.6 Å². The van der Waals surface area contributed by atoms with Crippen molar-refractivity contribution in [2.24, 2.45) is 0 Å². The number of ether oxygens (including phenoxy) is 1. The van der Waals surface area contributed by atoms with Gasteiger partial charge in [0.1, 0.15) is 11.6 Å². The Morgan fingerprint density at radius 1 is 1.09 bits per heavy atom. The first-order chi connectivity index (χ1) is 15.2. The second kappa shape index (κ2) is 10.1. The molecule has 0 atom stereocenters. The Morgan fingerprint density at radius 2 is 1.78 bits per heavy atom. The predicted octanol–water partition coefficient (Wildman–Crippen LogP) is 4.63. The molecular formula is C23H22ClFN2O4S. The van der Waals surface area contributed by atoms with Gasteiger partial charge in [-0.1, -0.05) is 35.9 Å². The average Bonchev–Trinajstić information content (AvgIpc) is 2.75. The first-order valence-electron chi connectivity index (χ1n) is 9.64. The number of carbonyl (C=O) groups excluding carboxylic acids is 1. The molecule has 9 heteroatoms. The highest BCUT2D eigenvalue weighted by atomic mass is 35.5. The minimum Gasteiger partial charge on any atom is -0.495 e. The van der Waals surface area contributed by atoms with Crippen LogP contribution in [0.5, 0.6) is 5.75 Å². The van der Waals surface area contributed by atoms with Crippen molar-refractivity contribution in [1.82, 2.24) is 4.31 Å². The number of benzene rings is 3. The smallest absolute Gasteiger partial charge is 0.243 e. The third kappa shape index (κ3) is 5.64. The van der Waals surface area contributed by atoms with Gasteiger partial charge in [-0.05, 0) is 55.0 Å². The van der Waals surface area contributed by atoms with Crippen molar-refractivity contribution in [2.45, 2.75) is 18.4 Å². The molecule has 0 aromatic heterocycles. The van der Waals surface area contributed by atoms with Crippen LogP contribution in [0.25, 0.3) is 0 Å². The van der Waals surface area contributed by atoms with E-state index in [-0.39, 0.29) is 17.0 Å². The van der Waals surface area contributed by atoms with Crippen LogP contribution < -0.4 is 10.1 Å². The molecule has 0 heterocycles. The van der Waals surface area contributed by atoms with Gasteiger partial charge in [0.15, 0.2) is 0 Å². The van der Waals surface area contributed by atoms with Crippen molar-refractivity contribution in [3.63, 3.8) is 0 Å². The van der Waals surface area contributed by atoms with Gasteiger partial charge in [0, 0.05) is 17.1 Å². The fourth-order valence-electron chi connectivity index (χ4n) is 3.07. The number of nitrogens with zero attached hydrogens (tertiary/aromatic N) is 1. The van der Waals surface area contributed by atoms with Gasteiger partial charge in [0.05, 0.1) is 24.2 Å². The van der Waals surface area contributed by atoms with Crippen LogP contribution in [0.2, 0.25) is 5.02 Å². The van der Waals surface area contributed by atoms with E-state index in [2.05, 4.69) is 5.32 Å². The molecule has 0 aliphatic heterocycles. The zero-order chi connectivity index (χ0) is 23.3. The molecule has 6 nitrogen and oxygen atoms in total. The number of nitrogens with one attached hydrogen (secondary N) is 1. The highest BCUT2D eigenvalue weighted by Gasteiger charge is 2.28. The summed E-state index contributed by atoms with van der Waals surface area (Å²) in [6.07, 6.45) is 0. The van der Waals surface area contributed by atoms with Gasteiger partial charge in [-0.25, -0.2) is 12.8 Å². The summed E-state index contributed by atoms with van der Waals surface area (Å²) in [6.45, 7) is 0.997. The van der Waals surface area contributed by atoms with Crippen LogP contribution >= 0.6 is 11.6 Å². The molecule has 0 radical (unpaired) electrons. The maximum atomic E-state index is 14.3. The zero-order valence-electron chi connectivity index (χ0n) is 17.5. The zero-order valence-corrected chi connectivity index (χ0v) is 19.1. The molecule has 3 rings (SSSR count). The van der Waals surface area contributed by atoms with Crippen LogP contribution in [0.1, 0.15) is 11.1 Å². The molecular weight excluding hydrogens is 455 g/mol. The Balaban J connectivity index is 1.92. The van der Waals surface area contributed by atoms with Gasteiger partial charge in [-0.2, -0.15) is 4.31 Å². The number of methoxy groups -OCH3 is 1. The molecule has 0 saturated heterocycles. The number of amides is 1. The van der Waals surface area contributed by atoms with Crippen LogP contribution in [0.4, 0.5) is 10.1 Å². The quantitative estimate of drug-likeness (QED) is 0.514. The van der Waals surface area contributed by atoms with E-state index in [1.807, 2.05) is 13.0 Å². The van der Waals surface area contributed by atoms with Crippen molar-refractivity contribution in [3.8, 4) is 5.75 Å². The van der Waals surface area contributed by atoms with E-state index < -0.39 is 28.3 Å². The summed E-state index contributed by atoms with van der Waals surface area (Å²) in [5.74, 6) is -0.725. The van der Waals surface area contributed by atoms with E-state index in [1.165, 1.54) is 49.6 Å². The van der Waals surface area contributed by atoms with E-state index >= 15 is 0 Å². The highest BCUT2D eigenvalue weighted by Crippen LogP contribution is 2.26. The molecule has 168 valence electrons. The summed E-state index contributed by atoms with van der Waals surface area (Å²) in [5.41, 5.74) is 1.44. The molecule has 1 amide bonds. The topological polar surface area (TPSA) is 75.7 Å². The first kappa shape index (κ1) is 23.7. The maximum absolute atomic E-state index is 14.3. The molecule has 0 bridgehead atoms. The Bertz CT molecular complexity index is 1220. The van der Waals surface area contributed by atoms with E-state index in [1.54, 1.807) is 18.2 Å². The lowest BCUT2D eigenvalue weighted by molar-refractivity contribution is -0.116. The van der Waals surface area contributed by atoms with Crippen molar-refractivity contribution in [2.75, 3.05) is 19.0 Å². The molecule has 3 aromatic carbocycles. The fourth-order valence-corrected chi connectivity index (χ4v) is 4.57. The normalized spacial score (nSPS) is 11.4. The van der Waals surface area contributed by atoms with Gasteiger partial charge in [0.25, 0.3) is 0 Å². The van der Waals surface area contributed by atoms with Crippen LogP contribution in [0.3, 0.4) is 0 Å². The summed E-state index contributed by atoms with van der Waals surface area (Å²) in [6, 6.07) is 16.6. The predicted molar refractivity (Wildman–Crippen MR) is 122 cm³/mol. The van der Waals surface area contributed by atoms with Crippen molar-refractivity contribution in [1.29, 1.82) is 0 Å². The second-order valence-electron chi connectivity index (χ2n) is 7.07. The van der Waals surface area contributed by atoms with E-state index in [4.69, 9.17) is 16.3 Å². The number of carbonyl (C=O) groups is 1. The summed E-state index contributed by atoms with van der Waals surface area (Å²) in [7, 11) is -2.66. The molecule has 0 aliphatic carbocycles. The van der Waals surface area contributed by atoms with Crippen LogP contribution in [-0.2, 0) is 21.4 Å². The van der Waals surface area contributed by atoms with E-state index in [0.29, 0.717) is 16.5 Å². The lowest BCUT2D eigenvalue weighted by Gasteiger charge is -2.22. The van der Waals surface area contributed by atoms with E-state index in [0.717, 1.165) is 9.87 Å². The summed E-state index contributed by atoms with van der Waals surface area (Å²) in [5, 5.41) is 3.05. The average molecular weight is 477 g/mol. The summed E-state index contributed by atoms with van der Waals surface area (Å²) in [4.78, 5) is 12.8. The SMILES string of the molecule is COc1ccc(C)cc1NC(=O)CN(Cc1ccccc1F)S(=O)(=O)c1ccc(Cl)cc1. The Kier molecular flexibility index (Phi) is 7.50. The number of halogens is 2. The second-order valence-corrected chi connectivity index (χ2v) is 9.44. The number of aryl methyl sites for hydroxylation is 1. The van der Waals surface area contributed by atoms with Crippen molar-refractivity contribution >= 4 is 33.2 Å². The molecule has 32 heavy (non-hydrogen) atoms. The van der Waals surface area contributed by atoms with Gasteiger partial charge >= 0.3 is 0 Å².